The number of carbonyl (C=O) groups is 1. The van der Waals surface area contributed by atoms with Crippen LogP contribution in [0, 0.1) is 5.92 Å². The summed E-state index contributed by atoms with van der Waals surface area (Å²) < 4.78 is 0. The van der Waals surface area contributed by atoms with Gasteiger partial charge in [-0.2, -0.15) is 0 Å². The minimum atomic E-state index is -0.214. The van der Waals surface area contributed by atoms with E-state index in [1.807, 2.05) is 7.05 Å². The van der Waals surface area contributed by atoms with Gasteiger partial charge in [0.15, 0.2) is 5.96 Å². The lowest BCUT2D eigenvalue weighted by atomic mass is 9.87. The van der Waals surface area contributed by atoms with Crippen molar-refractivity contribution < 1.29 is 4.79 Å². The van der Waals surface area contributed by atoms with E-state index >= 15 is 0 Å². The molecular formula is C20H33IN4O. The first-order chi connectivity index (χ1) is 11.8. The van der Waals surface area contributed by atoms with Crippen molar-refractivity contribution >= 4 is 35.8 Å². The Morgan fingerprint density at radius 1 is 1.31 bits per heavy atom. The second-order valence-electron chi connectivity index (χ2n) is 7.97. The molecule has 1 heterocycles. The number of guanidine groups is 1. The van der Waals surface area contributed by atoms with Gasteiger partial charge in [0.25, 0.3) is 0 Å². The zero-order chi connectivity index (χ0) is 18.4. The summed E-state index contributed by atoms with van der Waals surface area (Å²) >= 11 is 0. The third kappa shape index (κ3) is 6.78. The fourth-order valence-electron chi connectivity index (χ4n) is 3.34. The molecule has 1 amide bonds. The van der Waals surface area contributed by atoms with Gasteiger partial charge in [-0.1, -0.05) is 45.0 Å². The first kappa shape index (κ1) is 22.7. The van der Waals surface area contributed by atoms with Gasteiger partial charge in [0.1, 0.15) is 0 Å². The molecule has 26 heavy (non-hydrogen) atoms. The van der Waals surface area contributed by atoms with E-state index < -0.39 is 0 Å². The minimum absolute atomic E-state index is 0. The zero-order valence-corrected chi connectivity index (χ0v) is 18.7. The largest absolute Gasteiger partial charge is 0.370 e. The van der Waals surface area contributed by atoms with Crippen molar-refractivity contribution in [2.24, 2.45) is 16.6 Å². The van der Waals surface area contributed by atoms with Crippen LogP contribution in [0.4, 0.5) is 0 Å². The summed E-state index contributed by atoms with van der Waals surface area (Å²) in [7, 11) is 1.81. The van der Waals surface area contributed by atoms with Crippen molar-refractivity contribution in [3.8, 4) is 0 Å². The highest BCUT2D eigenvalue weighted by atomic mass is 127. The number of piperidine rings is 1. The molecule has 6 heteroatoms. The summed E-state index contributed by atoms with van der Waals surface area (Å²) in [5.41, 5.74) is 8.10. The normalized spacial score (nSPS) is 18.2. The first-order valence-corrected chi connectivity index (χ1v) is 9.13. The van der Waals surface area contributed by atoms with Gasteiger partial charge in [0, 0.05) is 33.1 Å². The molecule has 1 atom stereocenters. The van der Waals surface area contributed by atoms with Crippen molar-refractivity contribution in [3.05, 3.63) is 35.4 Å². The molecule has 2 rings (SSSR count). The van der Waals surface area contributed by atoms with Crippen LogP contribution in [0.5, 0.6) is 0 Å². The molecule has 5 nitrogen and oxygen atoms in total. The highest BCUT2D eigenvalue weighted by Gasteiger charge is 2.23. The summed E-state index contributed by atoms with van der Waals surface area (Å²) in [6, 6.07) is 8.74. The molecule has 146 valence electrons. The molecule has 3 N–H and O–H groups in total. The van der Waals surface area contributed by atoms with E-state index in [1.54, 1.807) is 0 Å². The number of carbonyl (C=O) groups excluding carboxylic acids is 1. The quantitative estimate of drug-likeness (QED) is 0.402. The highest BCUT2D eigenvalue weighted by Crippen LogP contribution is 2.22. The molecule has 1 fully saturated rings. The van der Waals surface area contributed by atoms with Gasteiger partial charge in [-0.3, -0.25) is 9.79 Å². The lowest BCUT2D eigenvalue weighted by molar-refractivity contribution is -0.119. The molecule has 1 saturated heterocycles. The Balaban J connectivity index is 0.00000338. The van der Waals surface area contributed by atoms with Crippen LogP contribution in [-0.2, 0) is 16.8 Å². The maximum Gasteiger partial charge on any atom is 0.217 e. The summed E-state index contributed by atoms with van der Waals surface area (Å²) in [6.07, 6.45) is 2.59. The van der Waals surface area contributed by atoms with Crippen LogP contribution in [0.15, 0.2) is 29.3 Å². The molecule has 0 bridgehead atoms. The van der Waals surface area contributed by atoms with Gasteiger partial charge < -0.3 is 16.0 Å². The fraction of sp³-hybridized carbons (Fsp3) is 0.600. The molecule has 0 saturated carbocycles. The third-order valence-corrected chi connectivity index (χ3v) is 4.79. The molecular weight excluding hydrogens is 439 g/mol. The van der Waals surface area contributed by atoms with Crippen LogP contribution in [-0.4, -0.2) is 36.9 Å². The molecule has 1 aliphatic rings. The summed E-state index contributed by atoms with van der Waals surface area (Å²) in [5, 5.41) is 3.45. The van der Waals surface area contributed by atoms with Crippen molar-refractivity contribution in [2.75, 3.05) is 20.1 Å². The van der Waals surface area contributed by atoms with Gasteiger partial charge in [0.05, 0.1) is 0 Å². The van der Waals surface area contributed by atoms with E-state index in [0.29, 0.717) is 12.3 Å². The number of nitrogens with one attached hydrogen (secondary N) is 1. The molecule has 0 aliphatic carbocycles. The summed E-state index contributed by atoms with van der Waals surface area (Å²) in [4.78, 5) is 17.8. The third-order valence-electron chi connectivity index (χ3n) is 4.79. The first-order valence-electron chi connectivity index (χ1n) is 9.13. The number of halogens is 1. The average molecular weight is 472 g/mol. The Bertz CT molecular complexity index is 607. The van der Waals surface area contributed by atoms with Crippen LogP contribution in [0.1, 0.15) is 51.2 Å². The van der Waals surface area contributed by atoms with Gasteiger partial charge in [0.2, 0.25) is 5.91 Å². The molecule has 1 aromatic rings. The Morgan fingerprint density at radius 3 is 2.50 bits per heavy atom. The van der Waals surface area contributed by atoms with Gasteiger partial charge in [-0.15, -0.1) is 24.0 Å². The van der Waals surface area contributed by atoms with E-state index in [2.05, 4.69) is 60.2 Å². The Hall–Kier alpha value is -1.31. The Labute approximate surface area is 174 Å². The minimum Gasteiger partial charge on any atom is -0.370 e. The predicted octanol–water partition coefficient (Wildman–Crippen LogP) is 3.26. The Morgan fingerprint density at radius 2 is 1.96 bits per heavy atom. The summed E-state index contributed by atoms with van der Waals surface area (Å²) in [6.45, 7) is 9.22. The van der Waals surface area contributed by atoms with Crippen molar-refractivity contribution in [1.29, 1.82) is 0 Å². The maximum atomic E-state index is 11.2. The molecule has 1 aliphatic heterocycles. The number of rotatable bonds is 4. The second kappa shape index (κ2) is 10.1. The lowest BCUT2D eigenvalue weighted by Crippen LogP contribution is -2.46. The monoisotopic (exact) mass is 472 g/mol. The molecule has 0 radical (unpaired) electrons. The number of likely N-dealkylation sites (tertiary alicyclic amines) is 1. The van der Waals surface area contributed by atoms with Crippen molar-refractivity contribution in [3.63, 3.8) is 0 Å². The summed E-state index contributed by atoms with van der Waals surface area (Å²) in [5.74, 6) is 1.01. The lowest BCUT2D eigenvalue weighted by Gasteiger charge is -2.34. The number of nitrogens with zero attached hydrogens (tertiary/aromatic N) is 2. The van der Waals surface area contributed by atoms with Crippen LogP contribution >= 0.6 is 24.0 Å². The second-order valence-corrected chi connectivity index (χ2v) is 7.97. The maximum absolute atomic E-state index is 11.2. The standard InChI is InChI=1S/C20H32N4O.HI/c1-20(2,3)17-9-7-15(8-10-17)13-23-19(22-4)24-11-5-6-16(14-24)12-18(21)25;/h7-10,16H,5-6,11-14H2,1-4H3,(H2,21,25)(H,22,23);1H. The number of benzene rings is 1. The van der Waals surface area contributed by atoms with Crippen molar-refractivity contribution in [2.45, 2.75) is 52.0 Å². The number of amides is 1. The van der Waals surface area contributed by atoms with E-state index in [-0.39, 0.29) is 35.3 Å². The van der Waals surface area contributed by atoms with Crippen LogP contribution in [0.3, 0.4) is 0 Å². The van der Waals surface area contributed by atoms with E-state index in [4.69, 9.17) is 5.73 Å². The number of primary amides is 1. The van der Waals surface area contributed by atoms with E-state index in [9.17, 15) is 4.79 Å². The number of aliphatic imine (C=N–C) groups is 1. The van der Waals surface area contributed by atoms with E-state index in [0.717, 1.165) is 38.4 Å². The molecule has 0 aromatic heterocycles. The van der Waals surface area contributed by atoms with Crippen LogP contribution in [0.25, 0.3) is 0 Å². The SMILES string of the molecule is CN=C(NCc1ccc(C(C)(C)C)cc1)N1CCCC(CC(N)=O)C1.I. The fourth-order valence-corrected chi connectivity index (χ4v) is 3.34. The van der Waals surface area contributed by atoms with Gasteiger partial charge >= 0.3 is 0 Å². The average Bonchev–Trinajstić information content (AvgIpc) is 2.55. The molecule has 0 spiro atoms. The topological polar surface area (TPSA) is 70.7 Å². The van der Waals surface area contributed by atoms with E-state index in [1.165, 1.54) is 11.1 Å². The van der Waals surface area contributed by atoms with Gasteiger partial charge in [-0.05, 0) is 35.3 Å². The highest BCUT2D eigenvalue weighted by molar-refractivity contribution is 14.0. The predicted molar refractivity (Wildman–Crippen MR) is 119 cm³/mol. The van der Waals surface area contributed by atoms with Crippen LogP contribution in [0.2, 0.25) is 0 Å². The number of nitrogens with two attached hydrogens (primary N) is 1. The molecule has 1 unspecified atom stereocenters. The number of hydrogen-bond acceptors (Lipinski definition) is 2. The van der Waals surface area contributed by atoms with Crippen molar-refractivity contribution in [1.82, 2.24) is 10.2 Å². The number of hydrogen-bond donors (Lipinski definition) is 2. The smallest absolute Gasteiger partial charge is 0.217 e. The van der Waals surface area contributed by atoms with Crippen LogP contribution < -0.4 is 11.1 Å². The molecule has 1 aromatic carbocycles. The Kier molecular flexibility index (Phi) is 8.86. The van der Waals surface area contributed by atoms with Gasteiger partial charge in [-0.25, -0.2) is 0 Å². The zero-order valence-electron chi connectivity index (χ0n) is 16.4.